The summed E-state index contributed by atoms with van der Waals surface area (Å²) >= 11 is 0. The number of sulfonamides is 1. The van der Waals surface area contributed by atoms with Crippen molar-refractivity contribution in [2.24, 2.45) is 5.92 Å². The number of urea groups is 1. The van der Waals surface area contributed by atoms with Crippen LogP contribution in [-0.2, 0) is 10.0 Å². The van der Waals surface area contributed by atoms with E-state index in [1.165, 1.54) is 41.8 Å². The molecule has 3 atom stereocenters. The Bertz CT molecular complexity index is 1540. The zero-order chi connectivity index (χ0) is 30.9. The Labute approximate surface area is 244 Å². The molecule has 15 heteroatoms. The lowest BCUT2D eigenvalue weighted by Crippen LogP contribution is -2.50. The lowest BCUT2D eigenvalue weighted by Gasteiger charge is -2.38. The number of aryl methyl sites for hydroxylation is 4. The van der Waals surface area contributed by atoms with E-state index in [0.29, 0.717) is 17.1 Å². The molecule has 1 aliphatic rings. The summed E-state index contributed by atoms with van der Waals surface area (Å²) in [6.07, 6.45) is -0.685. The van der Waals surface area contributed by atoms with Crippen LogP contribution < -0.4 is 14.8 Å². The topological polar surface area (TPSA) is 180 Å². The molecule has 0 saturated carbocycles. The van der Waals surface area contributed by atoms with Gasteiger partial charge in [-0.1, -0.05) is 23.3 Å². The molecule has 14 nitrogen and oxygen atoms in total. The maximum absolute atomic E-state index is 13.7. The molecule has 0 aliphatic carbocycles. The fourth-order valence-corrected chi connectivity index (χ4v) is 6.21. The van der Waals surface area contributed by atoms with Crippen molar-refractivity contribution in [3.8, 4) is 5.75 Å². The number of benzene rings is 1. The second kappa shape index (κ2) is 12.0. The number of rotatable bonds is 8. The van der Waals surface area contributed by atoms with E-state index in [4.69, 9.17) is 13.8 Å². The molecule has 228 valence electrons. The first-order valence-electron chi connectivity index (χ1n) is 13.4. The smallest absolute Gasteiger partial charge is 0.321 e. The van der Waals surface area contributed by atoms with Gasteiger partial charge in [0.15, 0.2) is 22.2 Å². The van der Waals surface area contributed by atoms with Gasteiger partial charge in [-0.2, -0.15) is 0 Å². The highest BCUT2D eigenvalue weighted by molar-refractivity contribution is 7.92. The third-order valence-electron chi connectivity index (χ3n) is 7.24. The number of likely N-dealkylation sites (N-methyl/N-ethyl adjacent to an activating group) is 1. The average molecular weight is 605 g/mol. The summed E-state index contributed by atoms with van der Waals surface area (Å²) in [5.41, 5.74) is 1.30. The van der Waals surface area contributed by atoms with Crippen LogP contribution in [0.2, 0.25) is 0 Å². The van der Waals surface area contributed by atoms with Crippen molar-refractivity contribution >= 4 is 33.3 Å². The van der Waals surface area contributed by atoms with Crippen molar-refractivity contribution < 1.29 is 36.9 Å². The van der Waals surface area contributed by atoms with Gasteiger partial charge in [-0.25, -0.2) is 13.2 Å². The molecule has 0 fully saturated rings. The monoisotopic (exact) mass is 604 g/mol. The standard InChI is InChI=1S/C27H36N6O8S/c1-14-11-33(15(2)13-34)26(35)20-9-8-10-21(31-42(37,38)25-17(4)30-41-19(25)6)24(20)39-22(14)12-32(7)27(36)28-23-16(3)29-40-18(23)5/h8-10,14-15,22,31,34H,11-13H2,1-7H3,(H,28,36)/t14-,15-,22-/m1/s1. The number of aromatic nitrogens is 2. The number of anilines is 2. The van der Waals surface area contributed by atoms with Crippen LogP contribution in [0.4, 0.5) is 16.2 Å². The minimum Gasteiger partial charge on any atom is -0.485 e. The van der Waals surface area contributed by atoms with Crippen LogP contribution in [-0.4, -0.2) is 84.5 Å². The molecule has 0 bridgehead atoms. The first-order valence-corrected chi connectivity index (χ1v) is 14.9. The van der Waals surface area contributed by atoms with Crippen molar-refractivity contribution in [1.29, 1.82) is 0 Å². The summed E-state index contributed by atoms with van der Waals surface area (Å²) < 4.78 is 45.9. The van der Waals surface area contributed by atoms with Crippen LogP contribution in [0.1, 0.15) is 47.1 Å². The number of nitrogens with one attached hydrogen (secondary N) is 2. The molecule has 1 aliphatic heterocycles. The molecule has 3 aromatic rings. The van der Waals surface area contributed by atoms with Crippen LogP contribution in [0.15, 0.2) is 32.1 Å². The molecule has 1 aromatic carbocycles. The van der Waals surface area contributed by atoms with Gasteiger partial charge in [0.25, 0.3) is 15.9 Å². The normalized spacial score (nSPS) is 18.0. The van der Waals surface area contributed by atoms with Gasteiger partial charge in [0.05, 0.1) is 30.4 Å². The zero-order valence-electron chi connectivity index (χ0n) is 24.6. The lowest BCUT2D eigenvalue weighted by atomic mass is 9.99. The van der Waals surface area contributed by atoms with Crippen molar-refractivity contribution in [3.05, 3.63) is 46.7 Å². The van der Waals surface area contributed by atoms with Crippen molar-refractivity contribution in [2.45, 2.75) is 58.6 Å². The number of carbonyl (C=O) groups is 2. The molecule has 3 amide bonds. The van der Waals surface area contributed by atoms with E-state index in [1.807, 2.05) is 6.92 Å². The van der Waals surface area contributed by atoms with Gasteiger partial charge in [0.1, 0.15) is 23.2 Å². The quantitative estimate of drug-likeness (QED) is 0.346. The van der Waals surface area contributed by atoms with Crippen molar-refractivity contribution in [1.82, 2.24) is 20.1 Å². The highest BCUT2D eigenvalue weighted by Crippen LogP contribution is 2.36. The fraction of sp³-hybridized carbons (Fsp3) is 0.481. The van der Waals surface area contributed by atoms with Gasteiger partial charge in [0, 0.05) is 19.5 Å². The highest BCUT2D eigenvalue weighted by Gasteiger charge is 2.36. The minimum absolute atomic E-state index is 0.00376. The molecule has 3 heterocycles. The number of aliphatic hydroxyl groups excluding tert-OH is 1. The Balaban J connectivity index is 1.71. The number of fused-ring (bicyclic) bond motifs is 1. The second-order valence-corrected chi connectivity index (χ2v) is 12.2. The first kappa shape index (κ1) is 30.8. The lowest BCUT2D eigenvalue weighted by molar-refractivity contribution is 0.0373. The van der Waals surface area contributed by atoms with E-state index >= 15 is 0 Å². The van der Waals surface area contributed by atoms with Gasteiger partial charge in [0.2, 0.25) is 0 Å². The van der Waals surface area contributed by atoms with Crippen molar-refractivity contribution in [2.75, 3.05) is 36.8 Å². The first-order chi connectivity index (χ1) is 19.7. The molecule has 42 heavy (non-hydrogen) atoms. The maximum atomic E-state index is 13.7. The van der Waals surface area contributed by atoms with Crippen molar-refractivity contribution in [3.63, 3.8) is 0 Å². The molecule has 0 saturated heterocycles. The summed E-state index contributed by atoms with van der Waals surface area (Å²) in [4.78, 5) is 29.6. The predicted octanol–water partition coefficient (Wildman–Crippen LogP) is 3.08. The van der Waals surface area contributed by atoms with Gasteiger partial charge >= 0.3 is 6.03 Å². The second-order valence-electron chi connectivity index (χ2n) is 10.6. The molecule has 0 spiro atoms. The predicted molar refractivity (Wildman–Crippen MR) is 152 cm³/mol. The molecule has 0 unspecified atom stereocenters. The number of nitrogens with zero attached hydrogens (tertiary/aromatic N) is 4. The van der Waals surface area contributed by atoms with Crippen LogP contribution in [0.3, 0.4) is 0 Å². The summed E-state index contributed by atoms with van der Waals surface area (Å²) in [5.74, 6) is -0.196. The van der Waals surface area contributed by atoms with E-state index in [-0.39, 0.29) is 59.0 Å². The van der Waals surface area contributed by atoms with E-state index in [9.17, 15) is 23.1 Å². The molecule has 2 aromatic heterocycles. The van der Waals surface area contributed by atoms with E-state index in [1.54, 1.807) is 27.8 Å². The van der Waals surface area contributed by atoms with E-state index < -0.39 is 34.1 Å². The third-order valence-corrected chi connectivity index (χ3v) is 8.85. The largest absolute Gasteiger partial charge is 0.485 e. The maximum Gasteiger partial charge on any atom is 0.321 e. The zero-order valence-corrected chi connectivity index (χ0v) is 25.4. The van der Waals surface area contributed by atoms with E-state index in [0.717, 1.165) is 0 Å². The summed E-state index contributed by atoms with van der Waals surface area (Å²) in [5, 5.41) is 20.3. The molecule has 0 radical (unpaired) electrons. The van der Waals surface area contributed by atoms with Gasteiger partial charge in [-0.05, 0) is 46.8 Å². The van der Waals surface area contributed by atoms with E-state index in [2.05, 4.69) is 20.4 Å². The van der Waals surface area contributed by atoms with Gasteiger partial charge < -0.3 is 34.0 Å². The Morgan fingerprint density at radius 3 is 2.43 bits per heavy atom. The van der Waals surface area contributed by atoms with Crippen LogP contribution >= 0.6 is 0 Å². The van der Waals surface area contributed by atoms with Gasteiger partial charge in [-0.3, -0.25) is 9.52 Å². The molecular weight excluding hydrogens is 568 g/mol. The average Bonchev–Trinajstić information content (AvgIpc) is 3.45. The Morgan fingerprint density at radius 2 is 1.83 bits per heavy atom. The van der Waals surface area contributed by atoms with Gasteiger partial charge in [-0.15, -0.1) is 0 Å². The number of ether oxygens (including phenoxy) is 1. The third kappa shape index (κ3) is 6.06. The summed E-state index contributed by atoms with van der Waals surface area (Å²) in [6, 6.07) is 3.58. The molecule has 3 N–H and O–H groups in total. The number of hydrogen-bond donors (Lipinski definition) is 3. The molecule has 4 rings (SSSR count). The number of aliphatic hydroxyl groups is 1. The van der Waals surface area contributed by atoms with Crippen LogP contribution in [0.25, 0.3) is 0 Å². The van der Waals surface area contributed by atoms with Crippen LogP contribution in [0.5, 0.6) is 5.75 Å². The number of amides is 3. The number of carbonyl (C=O) groups excluding carboxylic acids is 2. The van der Waals surface area contributed by atoms with Crippen LogP contribution in [0, 0.1) is 33.6 Å². The Kier molecular flexibility index (Phi) is 8.82. The SMILES string of the molecule is Cc1noc(C)c1NC(=O)N(C)C[C@H]1Oc2c(NS(=O)(=O)c3c(C)noc3C)cccc2C(=O)N([C@H](C)CO)C[C@H]1C. The Morgan fingerprint density at radius 1 is 1.17 bits per heavy atom. The fourth-order valence-electron chi connectivity index (χ4n) is 4.81. The minimum atomic E-state index is -4.18. The summed E-state index contributed by atoms with van der Waals surface area (Å²) in [7, 11) is -2.59. The highest BCUT2D eigenvalue weighted by atomic mass is 32.2. The Hall–Kier alpha value is -4.11. The molecular formula is C27H36N6O8S. The number of hydrogen-bond acceptors (Lipinski definition) is 10. The summed E-state index contributed by atoms with van der Waals surface area (Å²) in [6.45, 7) is 9.99. The number of para-hydroxylation sites is 1.